The second kappa shape index (κ2) is 10.0. The average Bonchev–Trinajstić information content (AvgIpc) is 3.08. The van der Waals surface area contributed by atoms with Crippen molar-refractivity contribution in [1.29, 1.82) is 0 Å². The zero-order valence-corrected chi connectivity index (χ0v) is 18.9. The van der Waals surface area contributed by atoms with Crippen molar-refractivity contribution in [2.75, 3.05) is 31.1 Å². The van der Waals surface area contributed by atoms with Crippen LogP contribution < -0.4 is 10.2 Å². The molecule has 31 heavy (non-hydrogen) atoms. The van der Waals surface area contributed by atoms with E-state index in [0.717, 1.165) is 45.3 Å². The molecule has 1 saturated heterocycles. The first kappa shape index (κ1) is 22.1. The minimum atomic E-state index is -0.262. The van der Waals surface area contributed by atoms with E-state index in [-0.39, 0.29) is 17.6 Å². The molecule has 1 fully saturated rings. The Kier molecular flexibility index (Phi) is 7.13. The van der Waals surface area contributed by atoms with E-state index in [2.05, 4.69) is 46.3 Å². The van der Waals surface area contributed by atoms with E-state index in [0.29, 0.717) is 29.7 Å². The van der Waals surface area contributed by atoms with Gasteiger partial charge in [0, 0.05) is 47.9 Å². The number of para-hydroxylation sites is 1. The number of hydrogen-bond donors (Lipinski definition) is 1. The summed E-state index contributed by atoms with van der Waals surface area (Å²) >= 11 is 5.83. The zero-order chi connectivity index (χ0) is 21.8. The number of halogens is 2. The van der Waals surface area contributed by atoms with Gasteiger partial charge in [0.1, 0.15) is 5.82 Å². The molecule has 2 aromatic carbocycles. The normalized spacial score (nSPS) is 19.5. The van der Waals surface area contributed by atoms with Crippen molar-refractivity contribution in [2.45, 2.75) is 45.2 Å². The van der Waals surface area contributed by atoms with Crippen molar-refractivity contribution in [3.63, 3.8) is 0 Å². The lowest BCUT2D eigenvalue weighted by Crippen LogP contribution is -2.41. The Labute approximate surface area is 189 Å². The van der Waals surface area contributed by atoms with Gasteiger partial charge < -0.3 is 10.2 Å². The first-order valence-corrected chi connectivity index (χ1v) is 11.7. The van der Waals surface area contributed by atoms with Crippen LogP contribution in [-0.2, 0) is 17.8 Å². The van der Waals surface area contributed by atoms with Crippen molar-refractivity contribution in [2.24, 2.45) is 5.92 Å². The fraction of sp³-hybridized carbons (Fsp3) is 0.480. The monoisotopic (exact) mass is 443 g/mol. The standard InChI is InChI=1S/C25H31ClFN3O/c1-18-15-20-5-2-3-6-24(20)30(18)12-4-11-28-25(31)19-9-13-29(14-10-19)17-21-7-8-22(26)16-23(21)27/h2-3,5-8,16,18-19H,4,9-15,17H2,1H3,(H,28,31). The third-order valence-corrected chi connectivity index (χ3v) is 6.83. The maximum Gasteiger partial charge on any atom is 0.223 e. The molecule has 1 atom stereocenters. The number of carbonyl (C=O) groups excluding carboxylic acids is 1. The second-order valence-corrected chi connectivity index (χ2v) is 9.24. The van der Waals surface area contributed by atoms with Gasteiger partial charge in [0.05, 0.1) is 0 Å². The van der Waals surface area contributed by atoms with E-state index in [4.69, 9.17) is 11.6 Å². The van der Waals surface area contributed by atoms with Crippen LogP contribution >= 0.6 is 11.6 Å². The summed E-state index contributed by atoms with van der Waals surface area (Å²) in [7, 11) is 0. The lowest BCUT2D eigenvalue weighted by molar-refractivity contribution is -0.126. The van der Waals surface area contributed by atoms with Crippen LogP contribution in [0.5, 0.6) is 0 Å². The average molecular weight is 444 g/mol. The number of fused-ring (bicyclic) bond motifs is 1. The Balaban J connectivity index is 1.17. The van der Waals surface area contributed by atoms with Gasteiger partial charge >= 0.3 is 0 Å². The second-order valence-electron chi connectivity index (χ2n) is 8.81. The lowest BCUT2D eigenvalue weighted by atomic mass is 9.95. The van der Waals surface area contributed by atoms with Gasteiger partial charge in [0.15, 0.2) is 0 Å². The highest BCUT2D eigenvalue weighted by Crippen LogP contribution is 2.31. The lowest BCUT2D eigenvalue weighted by Gasteiger charge is -2.31. The maximum atomic E-state index is 14.0. The summed E-state index contributed by atoms with van der Waals surface area (Å²) in [5.41, 5.74) is 3.42. The van der Waals surface area contributed by atoms with Crippen molar-refractivity contribution in [3.8, 4) is 0 Å². The van der Waals surface area contributed by atoms with Gasteiger partial charge in [-0.05, 0) is 69.5 Å². The fourth-order valence-corrected chi connectivity index (χ4v) is 4.98. The van der Waals surface area contributed by atoms with Gasteiger partial charge in [-0.1, -0.05) is 35.9 Å². The number of benzene rings is 2. The first-order valence-electron chi connectivity index (χ1n) is 11.3. The van der Waals surface area contributed by atoms with Crippen LogP contribution in [-0.4, -0.2) is 43.0 Å². The van der Waals surface area contributed by atoms with Crippen LogP contribution in [0.1, 0.15) is 37.3 Å². The van der Waals surface area contributed by atoms with Gasteiger partial charge in [-0.2, -0.15) is 0 Å². The van der Waals surface area contributed by atoms with Crippen molar-refractivity contribution in [1.82, 2.24) is 10.2 Å². The number of likely N-dealkylation sites (tertiary alicyclic amines) is 1. The first-order chi connectivity index (χ1) is 15.0. The fourth-order valence-electron chi connectivity index (χ4n) is 4.82. The molecule has 2 aliphatic rings. The van der Waals surface area contributed by atoms with Crippen molar-refractivity contribution >= 4 is 23.2 Å². The number of rotatable bonds is 7. The molecule has 1 amide bonds. The third kappa shape index (κ3) is 5.39. The molecular weight excluding hydrogens is 413 g/mol. The quantitative estimate of drug-likeness (QED) is 0.633. The molecule has 1 N–H and O–H groups in total. The van der Waals surface area contributed by atoms with Gasteiger partial charge in [-0.25, -0.2) is 4.39 Å². The van der Waals surface area contributed by atoms with E-state index < -0.39 is 0 Å². The predicted molar refractivity (Wildman–Crippen MR) is 124 cm³/mol. The molecule has 4 nitrogen and oxygen atoms in total. The van der Waals surface area contributed by atoms with E-state index in [9.17, 15) is 9.18 Å². The molecular formula is C25H31ClFN3O. The summed E-state index contributed by atoms with van der Waals surface area (Å²) in [5, 5.41) is 3.55. The highest BCUT2D eigenvalue weighted by atomic mass is 35.5. The Morgan fingerprint density at radius 1 is 1.19 bits per heavy atom. The van der Waals surface area contributed by atoms with Gasteiger partial charge in [-0.15, -0.1) is 0 Å². The van der Waals surface area contributed by atoms with Gasteiger partial charge in [-0.3, -0.25) is 9.69 Å². The number of anilines is 1. The summed E-state index contributed by atoms with van der Waals surface area (Å²) in [6.45, 7) is 6.11. The largest absolute Gasteiger partial charge is 0.368 e. The number of amides is 1. The van der Waals surface area contributed by atoms with E-state index >= 15 is 0 Å². The molecule has 0 spiro atoms. The maximum absolute atomic E-state index is 14.0. The molecule has 1 unspecified atom stereocenters. The molecule has 166 valence electrons. The van der Waals surface area contributed by atoms with E-state index in [1.54, 1.807) is 12.1 Å². The molecule has 2 aromatic rings. The summed E-state index contributed by atoms with van der Waals surface area (Å²) in [5.74, 6) is -0.0488. The minimum Gasteiger partial charge on any atom is -0.368 e. The Bertz CT molecular complexity index is 913. The van der Waals surface area contributed by atoms with Crippen LogP contribution in [0.25, 0.3) is 0 Å². The number of hydrogen-bond acceptors (Lipinski definition) is 3. The molecule has 0 bridgehead atoms. The number of nitrogens with one attached hydrogen (secondary N) is 1. The third-order valence-electron chi connectivity index (χ3n) is 6.59. The summed E-state index contributed by atoms with van der Waals surface area (Å²) < 4.78 is 14.0. The Hall–Kier alpha value is -2.11. The van der Waals surface area contributed by atoms with Crippen LogP contribution in [0.2, 0.25) is 5.02 Å². The minimum absolute atomic E-state index is 0.0535. The smallest absolute Gasteiger partial charge is 0.223 e. The highest BCUT2D eigenvalue weighted by Gasteiger charge is 2.26. The summed E-state index contributed by atoms with van der Waals surface area (Å²) in [4.78, 5) is 17.3. The Morgan fingerprint density at radius 2 is 1.97 bits per heavy atom. The molecule has 0 radical (unpaired) electrons. The molecule has 0 saturated carbocycles. The number of piperidine rings is 1. The SMILES string of the molecule is CC1Cc2ccccc2N1CCCNC(=O)C1CCN(Cc2ccc(Cl)cc2F)CC1. The molecule has 6 heteroatoms. The predicted octanol–water partition coefficient (Wildman–Crippen LogP) is 4.65. The van der Waals surface area contributed by atoms with Crippen LogP contribution in [0.3, 0.4) is 0 Å². The Morgan fingerprint density at radius 3 is 2.74 bits per heavy atom. The van der Waals surface area contributed by atoms with Gasteiger partial charge in [0.25, 0.3) is 0 Å². The van der Waals surface area contributed by atoms with Crippen LogP contribution in [0, 0.1) is 11.7 Å². The number of nitrogens with zero attached hydrogens (tertiary/aromatic N) is 2. The molecule has 2 heterocycles. The molecule has 4 rings (SSSR count). The molecule has 2 aliphatic heterocycles. The van der Waals surface area contributed by atoms with Crippen LogP contribution in [0.4, 0.5) is 10.1 Å². The topological polar surface area (TPSA) is 35.6 Å². The molecule has 0 aromatic heterocycles. The van der Waals surface area contributed by atoms with Crippen molar-refractivity contribution in [3.05, 3.63) is 64.4 Å². The molecule has 0 aliphatic carbocycles. The van der Waals surface area contributed by atoms with Crippen LogP contribution in [0.15, 0.2) is 42.5 Å². The van der Waals surface area contributed by atoms with Gasteiger partial charge in [0.2, 0.25) is 5.91 Å². The van der Waals surface area contributed by atoms with Crippen molar-refractivity contribution < 1.29 is 9.18 Å². The zero-order valence-electron chi connectivity index (χ0n) is 18.1. The highest BCUT2D eigenvalue weighted by molar-refractivity contribution is 6.30. The summed E-state index contributed by atoms with van der Waals surface area (Å²) in [6.07, 6.45) is 3.68. The summed E-state index contributed by atoms with van der Waals surface area (Å²) in [6, 6.07) is 14.0. The van der Waals surface area contributed by atoms with E-state index in [1.807, 2.05) is 0 Å². The van der Waals surface area contributed by atoms with E-state index in [1.165, 1.54) is 17.3 Å². The number of carbonyl (C=O) groups is 1.